The maximum absolute atomic E-state index is 11.9. The average Bonchev–Trinajstić information content (AvgIpc) is 2.33. The lowest BCUT2D eigenvalue weighted by Gasteiger charge is -2.24. The molecule has 0 aromatic rings. The third-order valence-corrected chi connectivity index (χ3v) is 2.47. The van der Waals surface area contributed by atoms with E-state index in [1.165, 1.54) is 0 Å². The van der Waals surface area contributed by atoms with Crippen molar-refractivity contribution >= 4 is 11.8 Å². The molecule has 0 rings (SSSR count). The standard InChI is InChI=1S/C12H25N3O2/c1-4-7-14-11(16)9-15(8-5-2)12(17)10(13)6-3/h10H,4-9,13H2,1-3H3,(H,14,16)/t10-/m0/s1. The number of nitrogens with one attached hydrogen (secondary N) is 1. The van der Waals surface area contributed by atoms with Gasteiger partial charge in [0.05, 0.1) is 12.6 Å². The third kappa shape index (κ3) is 6.26. The molecule has 0 aromatic carbocycles. The molecule has 0 radical (unpaired) electrons. The maximum Gasteiger partial charge on any atom is 0.239 e. The van der Waals surface area contributed by atoms with Gasteiger partial charge >= 0.3 is 0 Å². The second-order valence-electron chi connectivity index (χ2n) is 4.12. The summed E-state index contributed by atoms with van der Waals surface area (Å²) in [6.45, 7) is 7.16. The van der Waals surface area contributed by atoms with Crippen LogP contribution >= 0.6 is 0 Å². The molecular formula is C12H25N3O2. The van der Waals surface area contributed by atoms with Gasteiger partial charge in [0.15, 0.2) is 0 Å². The Balaban J connectivity index is 4.32. The number of nitrogens with two attached hydrogens (primary N) is 1. The Hall–Kier alpha value is -1.10. The molecule has 0 aliphatic carbocycles. The van der Waals surface area contributed by atoms with Crippen LogP contribution in [0, 0.1) is 0 Å². The summed E-state index contributed by atoms with van der Waals surface area (Å²) in [5.41, 5.74) is 5.70. The van der Waals surface area contributed by atoms with Crippen LogP contribution < -0.4 is 11.1 Å². The van der Waals surface area contributed by atoms with E-state index in [2.05, 4.69) is 5.32 Å². The first-order valence-corrected chi connectivity index (χ1v) is 6.37. The number of carbonyl (C=O) groups is 2. The van der Waals surface area contributed by atoms with Crippen molar-refractivity contribution in [1.82, 2.24) is 10.2 Å². The molecule has 0 spiro atoms. The van der Waals surface area contributed by atoms with Crippen LogP contribution in [0.1, 0.15) is 40.0 Å². The van der Waals surface area contributed by atoms with E-state index in [0.29, 0.717) is 19.5 Å². The normalized spacial score (nSPS) is 12.0. The van der Waals surface area contributed by atoms with Gasteiger partial charge in [0.2, 0.25) is 11.8 Å². The largest absolute Gasteiger partial charge is 0.355 e. The summed E-state index contributed by atoms with van der Waals surface area (Å²) in [4.78, 5) is 25.0. The van der Waals surface area contributed by atoms with Gasteiger partial charge in [-0.3, -0.25) is 9.59 Å². The Labute approximate surface area is 104 Å². The van der Waals surface area contributed by atoms with Gasteiger partial charge in [-0.05, 0) is 19.3 Å². The first-order valence-electron chi connectivity index (χ1n) is 6.37. The molecule has 3 N–H and O–H groups in total. The highest BCUT2D eigenvalue weighted by atomic mass is 16.2. The minimum atomic E-state index is -0.500. The van der Waals surface area contributed by atoms with Crippen LogP contribution in [0.25, 0.3) is 0 Å². The van der Waals surface area contributed by atoms with Gasteiger partial charge < -0.3 is 16.0 Å². The van der Waals surface area contributed by atoms with Crippen molar-refractivity contribution in [2.24, 2.45) is 5.73 Å². The number of hydrogen-bond donors (Lipinski definition) is 2. The van der Waals surface area contributed by atoms with E-state index < -0.39 is 6.04 Å². The van der Waals surface area contributed by atoms with Crippen molar-refractivity contribution in [2.75, 3.05) is 19.6 Å². The Morgan fingerprint density at radius 3 is 2.35 bits per heavy atom. The molecule has 100 valence electrons. The summed E-state index contributed by atoms with van der Waals surface area (Å²) in [5, 5.41) is 2.76. The minimum Gasteiger partial charge on any atom is -0.355 e. The highest BCUT2D eigenvalue weighted by Gasteiger charge is 2.20. The summed E-state index contributed by atoms with van der Waals surface area (Å²) in [6.07, 6.45) is 2.31. The van der Waals surface area contributed by atoms with Crippen LogP contribution in [0.4, 0.5) is 0 Å². The molecule has 0 unspecified atom stereocenters. The second kappa shape index (κ2) is 8.98. The van der Waals surface area contributed by atoms with Gasteiger partial charge in [0.25, 0.3) is 0 Å². The van der Waals surface area contributed by atoms with Gasteiger partial charge in [0, 0.05) is 13.1 Å². The molecule has 0 saturated carbocycles. The van der Waals surface area contributed by atoms with Crippen LogP contribution in [0.2, 0.25) is 0 Å². The zero-order valence-electron chi connectivity index (χ0n) is 11.2. The fourth-order valence-electron chi connectivity index (χ4n) is 1.44. The molecule has 0 aromatic heterocycles. The van der Waals surface area contributed by atoms with E-state index in [4.69, 9.17) is 5.73 Å². The second-order valence-corrected chi connectivity index (χ2v) is 4.12. The maximum atomic E-state index is 11.9. The number of nitrogens with zero attached hydrogens (tertiary/aromatic N) is 1. The molecule has 1 atom stereocenters. The van der Waals surface area contributed by atoms with E-state index >= 15 is 0 Å². The first kappa shape index (κ1) is 15.9. The topological polar surface area (TPSA) is 75.4 Å². The number of hydrogen-bond acceptors (Lipinski definition) is 3. The molecule has 17 heavy (non-hydrogen) atoms. The number of carbonyl (C=O) groups excluding carboxylic acids is 2. The highest BCUT2D eigenvalue weighted by Crippen LogP contribution is 1.98. The van der Waals surface area contributed by atoms with Crippen LogP contribution in [0.3, 0.4) is 0 Å². The molecule has 5 heteroatoms. The zero-order valence-corrected chi connectivity index (χ0v) is 11.2. The lowest BCUT2D eigenvalue weighted by molar-refractivity contribution is -0.137. The van der Waals surface area contributed by atoms with Crippen LogP contribution in [-0.2, 0) is 9.59 Å². The van der Waals surface area contributed by atoms with Gasteiger partial charge in [-0.25, -0.2) is 0 Å². The molecular weight excluding hydrogens is 218 g/mol. The van der Waals surface area contributed by atoms with Crippen molar-refractivity contribution in [2.45, 2.75) is 46.1 Å². The number of rotatable bonds is 8. The fourth-order valence-corrected chi connectivity index (χ4v) is 1.44. The predicted molar refractivity (Wildman–Crippen MR) is 68.4 cm³/mol. The van der Waals surface area contributed by atoms with Crippen LogP contribution in [-0.4, -0.2) is 42.4 Å². The summed E-state index contributed by atoms with van der Waals surface area (Å²) < 4.78 is 0. The summed E-state index contributed by atoms with van der Waals surface area (Å²) in [5.74, 6) is -0.252. The van der Waals surface area contributed by atoms with E-state index in [0.717, 1.165) is 12.8 Å². The van der Waals surface area contributed by atoms with Gasteiger partial charge in [0.1, 0.15) is 0 Å². The molecule has 5 nitrogen and oxygen atoms in total. The number of amides is 2. The molecule has 0 aliphatic rings. The molecule has 2 amide bonds. The monoisotopic (exact) mass is 243 g/mol. The minimum absolute atomic E-state index is 0.111. The predicted octanol–water partition coefficient (Wildman–Crippen LogP) is 0.489. The van der Waals surface area contributed by atoms with Crippen molar-refractivity contribution in [3.05, 3.63) is 0 Å². The lowest BCUT2D eigenvalue weighted by atomic mass is 10.2. The highest BCUT2D eigenvalue weighted by molar-refractivity contribution is 5.87. The van der Waals surface area contributed by atoms with E-state index in [1.54, 1.807) is 4.90 Å². The molecule has 0 aliphatic heterocycles. The summed E-state index contributed by atoms with van der Waals surface area (Å²) >= 11 is 0. The van der Waals surface area contributed by atoms with Crippen LogP contribution in [0.15, 0.2) is 0 Å². The smallest absolute Gasteiger partial charge is 0.239 e. The first-order chi connectivity index (χ1) is 8.06. The summed E-state index contributed by atoms with van der Waals surface area (Å²) in [6, 6.07) is -0.500. The Morgan fingerprint density at radius 1 is 1.24 bits per heavy atom. The average molecular weight is 243 g/mol. The SMILES string of the molecule is CCCNC(=O)CN(CCC)C(=O)[C@@H](N)CC. The zero-order chi connectivity index (χ0) is 13.3. The van der Waals surface area contributed by atoms with Crippen LogP contribution in [0.5, 0.6) is 0 Å². The van der Waals surface area contributed by atoms with Crippen molar-refractivity contribution in [1.29, 1.82) is 0 Å². The lowest BCUT2D eigenvalue weighted by Crippen LogP contribution is -2.48. The van der Waals surface area contributed by atoms with E-state index in [1.807, 2.05) is 20.8 Å². The third-order valence-electron chi connectivity index (χ3n) is 2.47. The molecule has 0 saturated heterocycles. The Kier molecular flexibility index (Phi) is 8.40. The van der Waals surface area contributed by atoms with Gasteiger partial charge in [-0.15, -0.1) is 0 Å². The molecule has 0 bridgehead atoms. The van der Waals surface area contributed by atoms with Crippen molar-refractivity contribution < 1.29 is 9.59 Å². The quantitative estimate of drug-likeness (QED) is 0.651. The Morgan fingerprint density at radius 2 is 1.88 bits per heavy atom. The van der Waals surface area contributed by atoms with Crippen molar-refractivity contribution in [3.63, 3.8) is 0 Å². The van der Waals surface area contributed by atoms with Gasteiger partial charge in [-0.1, -0.05) is 20.8 Å². The Bertz CT molecular complexity index is 244. The van der Waals surface area contributed by atoms with Gasteiger partial charge in [-0.2, -0.15) is 0 Å². The van der Waals surface area contributed by atoms with E-state index in [9.17, 15) is 9.59 Å². The molecule has 0 heterocycles. The molecule has 0 fully saturated rings. The van der Waals surface area contributed by atoms with E-state index in [-0.39, 0.29) is 18.4 Å². The van der Waals surface area contributed by atoms with Crippen molar-refractivity contribution in [3.8, 4) is 0 Å². The summed E-state index contributed by atoms with van der Waals surface area (Å²) in [7, 11) is 0. The fraction of sp³-hybridized carbons (Fsp3) is 0.833.